The summed E-state index contributed by atoms with van der Waals surface area (Å²) in [6.07, 6.45) is 0. The average molecular weight is 158 g/mol. The molecule has 9 heavy (non-hydrogen) atoms. The highest BCUT2D eigenvalue weighted by molar-refractivity contribution is 6.26. The van der Waals surface area contributed by atoms with E-state index in [1.165, 1.54) is 0 Å². The van der Waals surface area contributed by atoms with Gasteiger partial charge in [-0.25, -0.2) is 0 Å². The zero-order chi connectivity index (χ0) is 6.99. The Balaban J connectivity index is -0.0000000800. The van der Waals surface area contributed by atoms with E-state index < -0.39 is 5.97 Å². The molecule has 4 nitrogen and oxygen atoms in total. The van der Waals surface area contributed by atoms with Crippen molar-refractivity contribution in [3.63, 3.8) is 0 Å². The molecule has 5 N–H and O–H groups in total. The zero-order valence-corrected chi connectivity index (χ0v) is 6.06. The van der Waals surface area contributed by atoms with Crippen molar-refractivity contribution in [2.75, 3.05) is 12.5 Å². The van der Waals surface area contributed by atoms with Crippen LogP contribution in [0.3, 0.4) is 0 Å². The van der Waals surface area contributed by atoms with Crippen LogP contribution in [0.25, 0.3) is 0 Å². The molecule has 0 atom stereocenters. The van der Waals surface area contributed by atoms with Crippen LogP contribution >= 0.6 is 11.6 Å². The number of carboxylic acid groups (broad SMARTS) is 1. The van der Waals surface area contributed by atoms with Crippen LogP contribution in [0.15, 0.2) is 0 Å². The summed E-state index contributed by atoms with van der Waals surface area (Å²) in [5.41, 5.74) is 0. The fraction of sp³-hybridized carbons (Fsp3) is 0.750. The van der Waals surface area contributed by atoms with Crippen molar-refractivity contribution in [3.8, 4) is 0 Å². The summed E-state index contributed by atoms with van der Waals surface area (Å²) in [4.78, 5) is 9.24. The van der Waals surface area contributed by atoms with Crippen molar-refractivity contribution >= 4 is 17.6 Å². The lowest BCUT2D eigenvalue weighted by molar-refractivity contribution is -0.134. The van der Waals surface area contributed by atoms with Gasteiger partial charge in [0.05, 0.1) is 0 Å². The van der Waals surface area contributed by atoms with Gasteiger partial charge in [-0.1, -0.05) is 0 Å². The SMILES string of the molecule is CCO.N.O=C(O)CCl. The number of halogens is 1. The molecule has 0 fully saturated rings. The monoisotopic (exact) mass is 157 g/mol. The number of rotatable bonds is 1. The summed E-state index contributed by atoms with van der Waals surface area (Å²) in [6, 6.07) is 0. The van der Waals surface area contributed by atoms with Crippen molar-refractivity contribution in [1.29, 1.82) is 0 Å². The highest BCUT2D eigenvalue weighted by atomic mass is 35.5. The van der Waals surface area contributed by atoms with Crippen LogP contribution in [0.1, 0.15) is 6.92 Å². The molecule has 0 bridgehead atoms. The Labute approximate surface area is 59.0 Å². The van der Waals surface area contributed by atoms with E-state index in [-0.39, 0.29) is 18.6 Å². The van der Waals surface area contributed by atoms with E-state index in [0.717, 1.165) is 0 Å². The predicted octanol–water partition coefficient (Wildman–Crippen LogP) is 0.470. The minimum Gasteiger partial charge on any atom is -0.480 e. The van der Waals surface area contributed by atoms with Gasteiger partial charge in [-0.05, 0) is 6.92 Å². The molecular weight excluding hydrogens is 146 g/mol. The molecule has 0 radical (unpaired) electrons. The number of alkyl halides is 1. The van der Waals surface area contributed by atoms with Crippen molar-refractivity contribution in [1.82, 2.24) is 6.15 Å². The van der Waals surface area contributed by atoms with E-state index in [9.17, 15) is 4.79 Å². The third kappa shape index (κ3) is 87.8. The van der Waals surface area contributed by atoms with Gasteiger partial charge in [-0.2, -0.15) is 0 Å². The molecule has 0 aromatic heterocycles. The normalized spacial score (nSPS) is 6.11. The first-order chi connectivity index (χ1) is 3.68. The quantitative estimate of drug-likeness (QED) is 0.483. The van der Waals surface area contributed by atoms with Gasteiger partial charge in [0.25, 0.3) is 0 Å². The molecule has 0 aliphatic heterocycles. The molecule has 0 unspecified atom stereocenters. The van der Waals surface area contributed by atoms with Gasteiger partial charge in [0.15, 0.2) is 0 Å². The molecule has 0 aromatic rings. The fourth-order valence-electron chi connectivity index (χ4n) is 0. The van der Waals surface area contributed by atoms with E-state index in [4.69, 9.17) is 21.8 Å². The molecule has 0 amide bonds. The Bertz CT molecular complexity index is 59.8. The molecule has 0 saturated carbocycles. The van der Waals surface area contributed by atoms with Gasteiger partial charge in [0, 0.05) is 6.61 Å². The van der Waals surface area contributed by atoms with E-state index in [2.05, 4.69) is 0 Å². The number of carboxylic acids is 1. The molecule has 0 spiro atoms. The lowest BCUT2D eigenvalue weighted by Gasteiger charge is -1.69. The van der Waals surface area contributed by atoms with Crippen LogP contribution in [0.5, 0.6) is 0 Å². The van der Waals surface area contributed by atoms with Gasteiger partial charge >= 0.3 is 5.97 Å². The number of carbonyl (C=O) groups is 1. The largest absolute Gasteiger partial charge is 0.480 e. The fourth-order valence-corrected chi connectivity index (χ4v) is 0. The van der Waals surface area contributed by atoms with Crippen LogP contribution in [-0.4, -0.2) is 28.7 Å². The molecular formula is C4H12ClNO3. The lowest BCUT2D eigenvalue weighted by atomic mass is 10.8. The van der Waals surface area contributed by atoms with Gasteiger partial charge in [0.2, 0.25) is 0 Å². The number of aliphatic hydroxyl groups is 1. The summed E-state index contributed by atoms with van der Waals surface area (Å²) < 4.78 is 0. The maximum absolute atomic E-state index is 9.24. The molecule has 0 heterocycles. The van der Waals surface area contributed by atoms with E-state index in [1.807, 2.05) is 0 Å². The van der Waals surface area contributed by atoms with Crippen LogP contribution in [0, 0.1) is 0 Å². The molecule has 0 rings (SSSR count). The summed E-state index contributed by atoms with van der Waals surface area (Å²) in [5, 5.41) is 15.2. The van der Waals surface area contributed by atoms with Gasteiger partial charge < -0.3 is 16.4 Å². The topological polar surface area (TPSA) is 92.5 Å². The second kappa shape index (κ2) is 15.6. The summed E-state index contributed by atoms with van der Waals surface area (Å²) in [7, 11) is 0. The maximum atomic E-state index is 9.24. The van der Waals surface area contributed by atoms with Crippen LogP contribution < -0.4 is 6.15 Å². The third-order valence-electron chi connectivity index (χ3n) is 0.114. The molecule has 0 aliphatic carbocycles. The van der Waals surface area contributed by atoms with Crippen molar-refractivity contribution in [3.05, 3.63) is 0 Å². The third-order valence-corrected chi connectivity index (χ3v) is 0.343. The van der Waals surface area contributed by atoms with Gasteiger partial charge in [0.1, 0.15) is 5.88 Å². The number of hydrogen-bond acceptors (Lipinski definition) is 3. The molecule has 0 aliphatic rings. The first-order valence-corrected chi connectivity index (χ1v) is 2.61. The van der Waals surface area contributed by atoms with E-state index in [0.29, 0.717) is 0 Å². The minimum atomic E-state index is -0.980. The van der Waals surface area contributed by atoms with E-state index >= 15 is 0 Å². The van der Waals surface area contributed by atoms with Crippen LogP contribution in [-0.2, 0) is 4.79 Å². The second-order valence-electron chi connectivity index (χ2n) is 0.844. The smallest absolute Gasteiger partial charge is 0.318 e. The number of hydrogen-bond donors (Lipinski definition) is 3. The Morgan fingerprint density at radius 1 is 1.67 bits per heavy atom. The van der Waals surface area contributed by atoms with Gasteiger partial charge in [-0.3, -0.25) is 4.79 Å². The van der Waals surface area contributed by atoms with Crippen molar-refractivity contribution < 1.29 is 15.0 Å². The predicted molar refractivity (Wildman–Crippen MR) is 36.1 cm³/mol. The maximum Gasteiger partial charge on any atom is 0.318 e. The first-order valence-electron chi connectivity index (χ1n) is 2.07. The molecule has 0 saturated heterocycles. The second-order valence-corrected chi connectivity index (χ2v) is 1.11. The highest BCUT2D eigenvalue weighted by Crippen LogP contribution is 1.67. The Morgan fingerprint density at radius 2 is 1.78 bits per heavy atom. The standard InChI is InChI=1S/C2H3ClO2.C2H6O.H3N/c3-1-2(4)5;1-2-3;/h1H2,(H,4,5);3H,2H2,1H3;1H3. The summed E-state index contributed by atoms with van der Waals surface area (Å²) in [6.45, 7) is 1.93. The Kier molecular flexibility index (Phi) is 27.6. The first kappa shape index (κ1) is 15.9. The Hall–Kier alpha value is -0.320. The highest BCUT2D eigenvalue weighted by Gasteiger charge is 1.83. The zero-order valence-electron chi connectivity index (χ0n) is 5.30. The molecule has 58 valence electrons. The Morgan fingerprint density at radius 3 is 1.78 bits per heavy atom. The lowest BCUT2D eigenvalue weighted by Crippen LogP contribution is -1.92. The molecule has 5 heteroatoms. The number of aliphatic hydroxyl groups excluding tert-OH is 1. The minimum absolute atomic E-state index is 0. The van der Waals surface area contributed by atoms with Gasteiger partial charge in [-0.15, -0.1) is 11.6 Å². The van der Waals surface area contributed by atoms with E-state index in [1.54, 1.807) is 6.92 Å². The average Bonchev–Trinajstić information content (AvgIpc) is 1.69. The number of aliphatic carboxylic acids is 1. The summed E-state index contributed by atoms with van der Waals surface area (Å²) >= 11 is 4.74. The summed E-state index contributed by atoms with van der Waals surface area (Å²) in [5.74, 6) is -1.29. The molecule has 0 aromatic carbocycles. The van der Waals surface area contributed by atoms with Crippen molar-refractivity contribution in [2.24, 2.45) is 0 Å². The van der Waals surface area contributed by atoms with Crippen LogP contribution in [0.2, 0.25) is 0 Å². The van der Waals surface area contributed by atoms with Crippen LogP contribution in [0.4, 0.5) is 0 Å². The van der Waals surface area contributed by atoms with Crippen molar-refractivity contribution in [2.45, 2.75) is 6.92 Å².